The van der Waals surface area contributed by atoms with Crippen LogP contribution < -0.4 is 5.32 Å². The predicted molar refractivity (Wildman–Crippen MR) is 42.6 cm³/mol. The third-order valence-corrected chi connectivity index (χ3v) is 1.16. The minimum atomic E-state index is -4.29. The zero-order valence-electron chi connectivity index (χ0n) is 7.29. The number of halogens is 3. The molecule has 0 fully saturated rings. The van der Waals surface area contributed by atoms with Gasteiger partial charge in [0.25, 0.3) is 0 Å². The molecule has 1 N–H and O–H groups in total. The van der Waals surface area contributed by atoms with Crippen LogP contribution in [0.3, 0.4) is 0 Å². The maximum atomic E-state index is 12.0. The van der Waals surface area contributed by atoms with Crippen molar-refractivity contribution in [2.24, 2.45) is 0 Å². The molecule has 4 heteroatoms. The second-order valence-corrected chi connectivity index (χ2v) is 2.57. The zero-order chi connectivity index (χ0) is 9.78. The summed E-state index contributed by atoms with van der Waals surface area (Å²) in [5, 5.41) is 2.09. The predicted octanol–water partition coefficient (Wildman–Crippen LogP) is 2.62. The molecule has 0 radical (unpaired) electrons. The molecular formula is C8H12F3N. The first kappa shape index (κ1) is 11.1. The monoisotopic (exact) mass is 179 g/mol. The lowest BCUT2D eigenvalue weighted by Gasteiger charge is -2.09. The van der Waals surface area contributed by atoms with Crippen molar-refractivity contribution in [1.29, 1.82) is 0 Å². The molecular weight excluding hydrogens is 167 g/mol. The zero-order valence-corrected chi connectivity index (χ0v) is 7.29. The van der Waals surface area contributed by atoms with Crippen LogP contribution in [0.25, 0.3) is 0 Å². The van der Waals surface area contributed by atoms with Crippen LogP contribution in [0.15, 0.2) is 23.4 Å². The van der Waals surface area contributed by atoms with E-state index in [-0.39, 0.29) is 0 Å². The van der Waals surface area contributed by atoms with E-state index in [4.69, 9.17) is 0 Å². The van der Waals surface area contributed by atoms with Crippen molar-refractivity contribution in [2.75, 3.05) is 7.05 Å². The third-order valence-electron chi connectivity index (χ3n) is 1.16. The van der Waals surface area contributed by atoms with E-state index in [0.717, 1.165) is 11.6 Å². The lowest BCUT2D eigenvalue weighted by molar-refractivity contribution is -0.0959. The smallest absolute Gasteiger partial charge is 0.384 e. The lowest BCUT2D eigenvalue weighted by atomic mass is 10.3. The Bertz CT molecular complexity index is 197. The number of rotatable bonds is 2. The van der Waals surface area contributed by atoms with Crippen LogP contribution in [0.5, 0.6) is 0 Å². The van der Waals surface area contributed by atoms with Gasteiger partial charge in [-0.25, -0.2) is 0 Å². The summed E-state index contributed by atoms with van der Waals surface area (Å²) in [6, 6.07) is 0. The highest BCUT2D eigenvalue weighted by molar-refractivity contribution is 5.17. The molecule has 0 aromatic heterocycles. The highest BCUT2D eigenvalue weighted by atomic mass is 19.4. The second-order valence-electron chi connectivity index (χ2n) is 2.57. The molecule has 0 saturated heterocycles. The van der Waals surface area contributed by atoms with E-state index in [0.29, 0.717) is 0 Å². The van der Waals surface area contributed by atoms with Crippen LogP contribution in [-0.4, -0.2) is 13.2 Å². The number of alkyl halides is 3. The Labute approximate surface area is 70.0 Å². The molecule has 0 amide bonds. The second kappa shape index (κ2) is 4.18. The van der Waals surface area contributed by atoms with E-state index >= 15 is 0 Å². The molecule has 0 rings (SSSR count). The first-order valence-electron chi connectivity index (χ1n) is 3.48. The molecule has 0 spiro atoms. The van der Waals surface area contributed by atoms with Gasteiger partial charge in [-0.05, 0) is 19.9 Å². The largest absolute Gasteiger partial charge is 0.430 e. The number of allylic oxidation sites excluding steroid dienone is 4. The summed E-state index contributed by atoms with van der Waals surface area (Å²) < 4.78 is 36.0. The summed E-state index contributed by atoms with van der Waals surface area (Å²) in [6.07, 6.45) is -1.85. The maximum Gasteiger partial charge on any atom is 0.430 e. The minimum absolute atomic E-state index is 0.733. The first-order chi connectivity index (χ1) is 5.38. The standard InChI is InChI=1S/C8H12F3N/c1-6(2)4-5-7(12-3)8(9,10)11/h4-5,12H,1-3H3/b7-5-. The van der Waals surface area contributed by atoms with Crippen molar-refractivity contribution in [3.05, 3.63) is 23.4 Å². The number of nitrogens with one attached hydrogen (secondary N) is 1. The fourth-order valence-electron chi connectivity index (χ4n) is 0.570. The van der Waals surface area contributed by atoms with E-state index in [2.05, 4.69) is 5.32 Å². The molecule has 0 aromatic carbocycles. The van der Waals surface area contributed by atoms with Gasteiger partial charge in [-0.15, -0.1) is 0 Å². The number of hydrogen-bond donors (Lipinski definition) is 1. The molecule has 0 aromatic rings. The van der Waals surface area contributed by atoms with Crippen LogP contribution in [0.2, 0.25) is 0 Å². The molecule has 70 valence electrons. The fraction of sp³-hybridized carbons (Fsp3) is 0.500. The summed E-state index contributed by atoms with van der Waals surface area (Å²) in [4.78, 5) is 0. The SMILES string of the molecule is CN/C(=C\C=C(C)C)C(F)(F)F. The van der Waals surface area contributed by atoms with Crippen LogP contribution in [0.4, 0.5) is 13.2 Å². The molecule has 0 heterocycles. The van der Waals surface area contributed by atoms with Gasteiger partial charge >= 0.3 is 6.18 Å². The Balaban J connectivity index is 4.57. The molecule has 1 nitrogen and oxygen atoms in total. The summed E-state index contributed by atoms with van der Waals surface area (Å²) in [6.45, 7) is 3.47. The molecule has 0 aliphatic carbocycles. The molecule has 0 bridgehead atoms. The Morgan fingerprint density at radius 1 is 1.17 bits per heavy atom. The van der Waals surface area contributed by atoms with Crippen LogP contribution in [-0.2, 0) is 0 Å². The quantitative estimate of drug-likeness (QED) is 0.642. The fourth-order valence-corrected chi connectivity index (χ4v) is 0.570. The molecule has 0 saturated carbocycles. The summed E-state index contributed by atoms with van der Waals surface area (Å²) >= 11 is 0. The van der Waals surface area contributed by atoms with E-state index < -0.39 is 11.9 Å². The van der Waals surface area contributed by atoms with Gasteiger partial charge in [-0.2, -0.15) is 13.2 Å². The average molecular weight is 179 g/mol. The van der Waals surface area contributed by atoms with E-state index in [9.17, 15) is 13.2 Å². The van der Waals surface area contributed by atoms with Crippen LogP contribution >= 0.6 is 0 Å². The summed E-state index contributed by atoms with van der Waals surface area (Å²) in [5.74, 6) is 0. The molecule has 0 aliphatic heterocycles. The maximum absolute atomic E-state index is 12.0. The van der Waals surface area contributed by atoms with Crippen molar-refractivity contribution >= 4 is 0 Å². The molecule has 0 aliphatic rings. The van der Waals surface area contributed by atoms with Gasteiger partial charge in [0, 0.05) is 7.05 Å². The van der Waals surface area contributed by atoms with Gasteiger partial charge in [-0.3, -0.25) is 0 Å². The topological polar surface area (TPSA) is 12.0 Å². The molecule has 0 unspecified atom stereocenters. The highest BCUT2D eigenvalue weighted by Crippen LogP contribution is 2.22. The van der Waals surface area contributed by atoms with Gasteiger partial charge in [0.2, 0.25) is 0 Å². The first-order valence-corrected chi connectivity index (χ1v) is 3.48. The highest BCUT2D eigenvalue weighted by Gasteiger charge is 2.32. The van der Waals surface area contributed by atoms with Crippen LogP contribution in [0, 0.1) is 0 Å². The van der Waals surface area contributed by atoms with Crippen molar-refractivity contribution in [1.82, 2.24) is 5.32 Å². The van der Waals surface area contributed by atoms with Gasteiger partial charge < -0.3 is 5.32 Å². The summed E-state index contributed by atoms with van der Waals surface area (Å²) in [7, 11) is 1.25. The Morgan fingerprint density at radius 3 is 1.92 bits per heavy atom. The van der Waals surface area contributed by atoms with Crippen molar-refractivity contribution in [3.8, 4) is 0 Å². The van der Waals surface area contributed by atoms with Crippen molar-refractivity contribution in [2.45, 2.75) is 20.0 Å². The van der Waals surface area contributed by atoms with E-state index in [1.165, 1.54) is 13.1 Å². The Hall–Kier alpha value is -0.930. The van der Waals surface area contributed by atoms with E-state index in [1.54, 1.807) is 13.8 Å². The average Bonchev–Trinajstić information content (AvgIpc) is 1.85. The van der Waals surface area contributed by atoms with Gasteiger partial charge in [0.15, 0.2) is 0 Å². The number of hydrogen-bond acceptors (Lipinski definition) is 1. The third kappa shape index (κ3) is 4.05. The van der Waals surface area contributed by atoms with Gasteiger partial charge in [-0.1, -0.05) is 11.6 Å². The normalized spacial score (nSPS) is 12.7. The molecule has 12 heavy (non-hydrogen) atoms. The van der Waals surface area contributed by atoms with Crippen LogP contribution in [0.1, 0.15) is 13.8 Å². The Kier molecular flexibility index (Phi) is 3.86. The Morgan fingerprint density at radius 2 is 1.67 bits per heavy atom. The van der Waals surface area contributed by atoms with Crippen molar-refractivity contribution in [3.63, 3.8) is 0 Å². The van der Waals surface area contributed by atoms with Crippen molar-refractivity contribution < 1.29 is 13.2 Å². The minimum Gasteiger partial charge on any atom is -0.384 e. The summed E-state index contributed by atoms with van der Waals surface area (Å²) in [5.41, 5.74) is 0.0932. The molecule has 0 atom stereocenters. The van der Waals surface area contributed by atoms with Gasteiger partial charge in [0.05, 0.1) is 0 Å². The van der Waals surface area contributed by atoms with E-state index in [1.807, 2.05) is 0 Å². The lowest BCUT2D eigenvalue weighted by Crippen LogP contribution is -2.22. The van der Waals surface area contributed by atoms with Gasteiger partial charge in [0.1, 0.15) is 5.70 Å².